The molecule has 0 aromatic carbocycles. The number of quaternary nitrogens is 1. The second kappa shape index (κ2) is 34.7. The van der Waals surface area contributed by atoms with Crippen LogP contribution in [0.4, 0.5) is 0 Å². The van der Waals surface area contributed by atoms with Gasteiger partial charge in [-0.15, -0.1) is 0 Å². The zero-order chi connectivity index (χ0) is 38.6. The molecule has 0 saturated heterocycles. The number of nitrogens with zero attached hydrogens (tertiary/aromatic N) is 1. The summed E-state index contributed by atoms with van der Waals surface area (Å²) in [6.07, 6.45) is 39.1. The van der Waals surface area contributed by atoms with Crippen molar-refractivity contribution in [2.24, 2.45) is 0 Å². The average molecular weight is 755 g/mol. The molecule has 0 bridgehead atoms. The normalized spacial score (nSPS) is 14.2. The lowest BCUT2D eigenvalue weighted by Gasteiger charge is -2.24. The fraction of sp³-hybridized carbons (Fsp3) is 0.762. The summed E-state index contributed by atoms with van der Waals surface area (Å²) < 4.78 is 34.0. The van der Waals surface area contributed by atoms with Gasteiger partial charge in [-0.25, -0.2) is 4.57 Å². The number of carbonyl (C=O) groups is 2. The predicted molar refractivity (Wildman–Crippen MR) is 215 cm³/mol. The van der Waals surface area contributed by atoms with Crippen molar-refractivity contribution in [3.05, 3.63) is 48.6 Å². The van der Waals surface area contributed by atoms with Gasteiger partial charge in [-0.05, 0) is 51.4 Å². The Hall–Kier alpha value is -2.03. The van der Waals surface area contributed by atoms with Crippen molar-refractivity contribution in [3.63, 3.8) is 0 Å². The number of likely N-dealkylation sites (N-methyl/N-ethyl adjacent to an activating group) is 1. The van der Waals surface area contributed by atoms with E-state index in [-0.39, 0.29) is 26.1 Å². The molecule has 0 aliphatic carbocycles. The Morgan fingerprint density at radius 1 is 0.596 bits per heavy atom. The van der Waals surface area contributed by atoms with E-state index >= 15 is 0 Å². The molecular formula is C42H77NO8P+. The van der Waals surface area contributed by atoms with E-state index in [4.69, 9.17) is 18.5 Å². The number of allylic oxidation sites excluding steroid dienone is 8. The maximum Gasteiger partial charge on any atom is 0.472 e. The third kappa shape index (κ3) is 37.7. The standard InChI is InChI=1S/C42H76NO8P/c1-6-8-10-12-14-15-16-17-18-19-20-21-22-23-24-25-26-27-29-31-33-35-42(45)51-40(39-50-52(46,47)49-37-36-43(3,4)5)38-48-41(44)34-32-30-28-13-11-9-7-2/h18-19,21-22,24-25,27,29,40H,6-17,20,23,26,28,30-39H2,1-5H3/p+1/b19-18+,22-21+,25-24+,29-27+/t40-/m1/s1. The number of phosphoric acid groups is 1. The highest BCUT2D eigenvalue weighted by molar-refractivity contribution is 7.47. The van der Waals surface area contributed by atoms with Crippen molar-refractivity contribution in [3.8, 4) is 0 Å². The van der Waals surface area contributed by atoms with E-state index in [0.29, 0.717) is 23.9 Å². The van der Waals surface area contributed by atoms with Crippen LogP contribution in [0.3, 0.4) is 0 Å². The third-order valence-corrected chi connectivity index (χ3v) is 9.35. The lowest BCUT2D eigenvalue weighted by Crippen LogP contribution is -2.37. The Kier molecular flexibility index (Phi) is 33.4. The van der Waals surface area contributed by atoms with Crippen molar-refractivity contribution in [2.45, 2.75) is 161 Å². The molecule has 0 saturated carbocycles. The molecule has 0 radical (unpaired) electrons. The van der Waals surface area contributed by atoms with Crippen molar-refractivity contribution < 1.29 is 42.1 Å². The van der Waals surface area contributed by atoms with Crippen LogP contribution in [0, 0.1) is 0 Å². The van der Waals surface area contributed by atoms with Gasteiger partial charge in [-0.2, -0.15) is 0 Å². The number of rotatable bonds is 36. The molecule has 1 unspecified atom stereocenters. The second-order valence-electron chi connectivity index (χ2n) is 14.7. The highest BCUT2D eigenvalue weighted by Gasteiger charge is 2.27. The predicted octanol–water partition coefficient (Wildman–Crippen LogP) is 11.1. The summed E-state index contributed by atoms with van der Waals surface area (Å²) in [7, 11) is 1.44. The maximum absolute atomic E-state index is 12.6. The van der Waals surface area contributed by atoms with Gasteiger partial charge in [-0.3, -0.25) is 18.6 Å². The minimum absolute atomic E-state index is 0.0206. The van der Waals surface area contributed by atoms with E-state index in [9.17, 15) is 19.0 Å². The summed E-state index contributed by atoms with van der Waals surface area (Å²) in [5.41, 5.74) is 0. The molecule has 0 aliphatic rings. The van der Waals surface area contributed by atoms with Crippen LogP contribution in [0.2, 0.25) is 0 Å². The SMILES string of the molecule is CCCCCCCCC/C=C/C/C=C/C/C=C/C/C=C/CCCC(=O)O[C@H](COC(=O)CCCCCCCCC)COP(=O)(O)OCC[N+](C)(C)C. The Labute approximate surface area is 318 Å². The smallest absolute Gasteiger partial charge is 0.462 e. The van der Waals surface area contributed by atoms with Gasteiger partial charge in [0.15, 0.2) is 6.10 Å². The molecule has 0 aromatic rings. The highest BCUT2D eigenvalue weighted by atomic mass is 31.2. The summed E-state index contributed by atoms with van der Waals surface area (Å²) in [5, 5.41) is 0. The van der Waals surface area contributed by atoms with Gasteiger partial charge in [0, 0.05) is 12.8 Å². The summed E-state index contributed by atoms with van der Waals surface area (Å²) in [4.78, 5) is 35.0. The number of phosphoric ester groups is 1. The Bertz CT molecular complexity index is 1030. The number of esters is 2. The molecule has 1 N–H and O–H groups in total. The van der Waals surface area contributed by atoms with Gasteiger partial charge in [0.25, 0.3) is 0 Å². The summed E-state index contributed by atoms with van der Waals surface area (Å²) in [6, 6.07) is 0. The minimum Gasteiger partial charge on any atom is -0.462 e. The number of unbranched alkanes of at least 4 members (excludes halogenated alkanes) is 14. The van der Waals surface area contributed by atoms with Crippen molar-refractivity contribution in [1.29, 1.82) is 0 Å². The molecule has 302 valence electrons. The topological polar surface area (TPSA) is 108 Å². The van der Waals surface area contributed by atoms with Gasteiger partial charge >= 0.3 is 19.8 Å². The molecule has 0 aliphatic heterocycles. The second-order valence-corrected chi connectivity index (χ2v) is 16.1. The van der Waals surface area contributed by atoms with Gasteiger partial charge < -0.3 is 18.9 Å². The van der Waals surface area contributed by atoms with Crippen LogP contribution in [-0.4, -0.2) is 74.9 Å². The number of hydrogen-bond donors (Lipinski definition) is 1. The van der Waals surface area contributed by atoms with Crippen LogP contribution in [0.1, 0.15) is 155 Å². The fourth-order valence-electron chi connectivity index (χ4n) is 5.12. The fourth-order valence-corrected chi connectivity index (χ4v) is 5.86. The molecular weight excluding hydrogens is 677 g/mol. The molecule has 52 heavy (non-hydrogen) atoms. The van der Waals surface area contributed by atoms with E-state index in [0.717, 1.165) is 38.5 Å². The van der Waals surface area contributed by atoms with Gasteiger partial charge in [0.1, 0.15) is 19.8 Å². The zero-order valence-corrected chi connectivity index (χ0v) is 34.7. The Balaban J connectivity index is 4.41. The van der Waals surface area contributed by atoms with E-state index in [1.807, 2.05) is 27.2 Å². The van der Waals surface area contributed by atoms with Crippen LogP contribution in [0.25, 0.3) is 0 Å². The molecule has 10 heteroatoms. The lowest BCUT2D eigenvalue weighted by molar-refractivity contribution is -0.870. The van der Waals surface area contributed by atoms with Gasteiger partial charge in [0.05, 0.1) is 27.7 Å². The van der Waals surface area contributed by atoms with Crippen molar-refractivity contribution in [1.82, 2.24) is 0 Å². The van der Waals surface area contributed by atoms with Crippen molar-refractivity contribution >= 4 is 19.8 Å². The number of carbonyl (C=O) groups excluding carboxylic acids is 2. The molecule has 2 atom stereocenters. The molecule has 0 heterocycles. The first-order valence-electron chi connectivity index (χ1n) is 20.4. The van der Waals surface area contributed by atoms with Crippen LogP contribution in [-0.2, 0) is 32.7 Å². The molecule has 0 rings (SSSR count). The quantitative estimate of drug-likeness (QED) is 0.0221. The van der Waals surface area contributed by atoms with Crippen molar-refractivity contribution in [2.75, 3.05) is 47.5 Å². The van der Waals surface area contributed by atoms with E-state index < -0.39 is 32.5 Å². The van der Waals surface area contributed by atoms with Gasteiger partial charge in [-0.1, -0.05) is 140 Å². The molecule has 0 fully saturated rings. The largest absolute Gasteiger partial charge is 0.472 e. The molecule has 9 nitrogen and oxygen atoms in total. The summed E-state index contributed by atoms with van der Waals surface area (Å²) in [6.45, 7) is 4.29. The third-order valence-electron chi connectivity index (χ3n) is 8.36. The summed E-state index contributed by atoms with van der Waals surface area (Å²) in [5.74, 6) is -0.874. The van der Waals surface area contributed by atoms with Crippen LogP contribution >= 0.6 is 7.82 Å². The minimum atomic E-state index is -4.38. The Morgan fingerprint density at radius 2 is 1.06 bits per heavy atom. The monoisotopic (exact) mass is 755 g/mol. The van der Waals surface area contributed by atoms with E-state index in [2.05, 4.69) is 56.4 Å². The highest BCUT2D eigenvalue weighted by Crippen LogP contribution is 2.43. The first kappa shape index (κ1) is 50.0. The molecule has 0 aromatic heterocycles. The Morgan fingerprint density at radius 3 is 1.60 bits per heavy atom. The number of ether oxygens (including phenoxy) is 2. The van der Waals surface area contributed by atoms with Crippen LogP contribution < -0.4 is 0 Å². The number of hydrogen-bond acceptors (Lipinski definition) is 7. The molecule has 0 amide bonds. The maximum atomic E-state index is 12.6. The summed E-state index contributed by atoms with van der Waals surface area (Å²) >= 11 is 0. The first-order valence-corrected chi connectivity index (χ1v) is 21.9. The van der Waals surface area contributed by atoms with Gasteiger partial charge in [0.2, 0.25) is 0 Å². The van der Waals surface area contributed by atoms with E-state index in [1.165, 1.54) is 77.0 Å². The van der Waals surface area contributed by atoms with Crippen LogP contribution in [0.5, 0.6) is 0 Å². The van der Waals surface area contributed by atoms with E-state index in [1.54, 1.807) is 0 Å². The zero-order valence-electron chi connectivity index (χ0n) is 33.8. The molecule has 0 spiro atoms. The van der Waals surface area contributed by atoms with Crippen LogP contribution in [0.15, 0.2) is 48.6 Å². The average Bonchev–Trinajstić information content (AvgIpc) is 3.09. The first-order chi connectivity index (χ1) is 25.0. The lowest BCUT2D eigenvalue weighted by atomic mass is 10.1.